The van der Waals surface area contributed by atoms with Crippen molar-refractivity contribution < 1.29 is 9.47 Å². The van der Waals surface area contributed by atoms with Crippen LogP contribution in [0.2, 0.25) is 0 Å². The predicted molar refractivity (Wildman–Crippen MR) is 134 cm³/mol. The van der Waals surface area contributed by atoms with Crippen molar-refractivity contribution in [3.8, 4) is 17.0 Å². The Balaban J connectivity index is 1.52. The number of nitrogen functional groups attached to an aromatic ring is 1. The second kappa shape index (κ2) is 8.50. The summed E-state index contributed by atoms with van der Waals surface area (Å²) < 4.78 is 13.7. The average Bonchev–Trinajstić information content (AvgIpc) is 3.62. The molecule has 0 saturated carbocycles. The van der Waals surface area contributed by atoms with Gasteiger partial charge in [-0.15, -0.1) is 0 Å². The highest BCUT2D eigenvalue weighted by molar-refractivity contribution is 6.09. The van der Waals surface area contributed by atoms with Crippen LogP contribution in [0.25, 0.3) is 33.1 Å². The predicted octanol–water partition coefficient (Wildman–Crippen LogP) is 4.94. The SMILES string of the molecule is COc1ccc(Cn2c(CC3CCCO3)cc3c(N)nc4cc(-c5ccn[nH]5)ccc4c32)cc1. The molecule has 0 amide bonds. The van der Waals surface area contributed by atoms with E-state index in [0.717, 1.165) is 71.2 Å². The van der Waals surface area contributed by atoms with Gasteiger partial charge >= 0.3 is 0 Å². The number of H-pyrrole nitrogens is 1. The van der Waals surface area contributed by atoms with Crippen molar-refractivity contribution in [1.29, 1.82) is 0 Å². The summed E-state index contributed by atoms with van der Waals surface area (Å²) in [5, 5.41) is 9.18. The van der Waals surface area contributed by atoms with Crippen molar-refractivity contribution in [3.63, 3.8) is 0 Å². The number of benzene rings is 2. The number of hydrogen-bond donors (Lipinski definition) is 2. The molecule has 1 fully saturated rings. The van der Waals surface area contributed by atoms with Crippen molar-refractivity contribution in [3.05, 3.63) is 72.1 Å². The summed E-state index contributed by atoms with van der Waals surface area (Å²) >= 11 is 0. The zero-order chi connectivity index (χ0) is 23.1. The Morgan fingerprint density at radius 3 is 2.74 bits per heavy atom. The molecule has 1 atom stereocenters. The van der Waals surface area contributed by atoms with E-state index in [1.54, 1.807) is 13.3 Å². The molecule has 7 nitrogen and oxygen atoms in total. The third kappa shape index (κ3) is 3.68. The summed E-state index contributed by atoms with van der Waals surface area (Å²) in [7, 11) is 1.69. The number of nitrogens with one attached hydrogen (secondary N) is 1. The minimum absolute atomic E-state index is 0.242. The molecule has 0 bridgehead atoms. The lowest BCUT2D eigenvalue weighted by atomic mass is 10.1. The van der Waals surface area contributed by atoms with E-state index in [9.17, 15) is 0 Å². The molecule has 1 saturated heterocycles. The van der Waals surface area contributed by atoms with Gasteiger partial charge in [0.25, 0.3) is 0 Å². The fraction of sp³-hybridized carbons (Fsp3) is 0.259. The Hall–Kier alpha value is -3.84. The Kier molecular flexibility index (Phi) is 5.19. The largest absolute Gasteiger partial charge is 0.497 e. The maximum atomic E-state index is 6.52. The molecule has 5 aromatic rings. The smallest absolute Gasteiger partial charge is 0.133 e. The van der Waals surface area contributed by atoms with Crippen LogP contribution < -0.4 is 10.5 Å². The monoisotopic (exact) mass is 453 g/mol. The molecule has 3 aromatic heterocycles. The number of aromatic amines is 1. The molecule has 1 unspecified atom stereocenters. The number of nitrogens with two attached hydrogens (primary N) is 1. The van der Waals surface area contributed by atoms with Gasteiger partial charge in [0.05, 0.1) is 29.9 Å². The molecular formula is C27H27N5O2. The number of hydrogen-bond acceptors (Lipinski definition) is 5. The molecule has 0 aliphatic carbocycles. The van der Waals surface area contributed by atoms with E-state index in [1.165, 1.54) is 11.3 Å². The highest BCUT2D eigenvalue weighted by Crippen LogP contribution is 2.34. The van der Waals surface area contributed by atoms with Gasteiger partial charge in [-0.25, -0.2) is 4.98 Å². The van der Waals surface area contributed by atoms with Crippen LogP contribution in [0.4, 0.5) is 5.82 Å². The van der Waals surface area contributed by atoms with Crippen LogP contribution in [-0.4, -0.2) is 39.6 Å². The summed E-state index contributed by atoms with van der Waals surface area (Å²) in [4.78, 5) is 4.77. The van der Waals surface area contributed by atoms with Crippen molar-refractivity contribution >= 4 is 27.6 Å². The Morgan fingerprint density at radius 2 is 2.00 bits per heavy atom. The van der Waals surface area contributed by atoms with Crippen LogP contribution in [-0.2, 0) is 17.7 Å². The van der Waals surface area contributed by atoms with Gasteiger partial charge in [-0.2, -0.15) is 5.10 Å². The number of methoxy groups -OCH3 is 1. The molecule has 34 heavy (non-hydrogen) atoms. The van der Waals surface area contributed by atoms with Gasteiger partial charge in [0.1, 0.15) is 11.6 Å². The first kappa shape index (κ1) is 20.7. The van der Waals surface area contributed by atoms with Gasteiger partial charge in [0.15, 0.2) is 0 Å². The van der Waals surface area contributed by atoms with Crippen molar-refractivity contribution in [2.24, 2.45) is 0 Å². The fourth-order valence-electron chi connectivity index (χ4n) is 4.99. The van der Waals surface area contributed by atoms with E-state index >= 15 is 0 Å². The first-order chi connectivity index (χ1) is 16.7. The third-order valence-electron chi connectivity index (χ3n) is 6.72. The molecule has 2 aromatic carbocycles. The number of pyridine rings is 1. The van der Waals surface area contributed by atoms with E-state index in [2.05, 4.69) is 51.2 Å². The topological polar surface area (TPSA) is 91.0 Å². The molecule has 1 aliphatic heterocycles. The zero-order valence-corrected chi connectivity index (χ0v) is 19.1. The maximum Gasteiger partial charge on any atom is 0.133 e. The number of nitrogens with zero attached hydrogens (tertiary/aromatic N) is 3. The molecule has 172 valence electrons. The first-order valence-corrected chi connectivity index (χ1v) is 11.7. The lowest BCUT2D eigenvalue weighted by Crippen LogP contribution is -2.13. The average molecular weight is 454 g/mol. The highest BCUT2D eigenvalue weighted by atomic mass is 16.5. The van der Waals surface area contributed by atoms with E-state index in [1.807, 2.05) is 18.2 Å². The van der Waals surface area contributed by atoms with Gasteiger partial charge in [-0.05, 0) is 48.7 Å². The molecule has 0 radical (unpaired) electrons. The van der Waals surface area contributed by atoms with E-state index in [4.69, 9.17) is 20.2 Å². The molecular weight excluding hydrogens is 426 g/mol. The minimum atomic E-state index is 0.242. The lowest BCUT2D eigenvalue weighted by Gasteiger charge is -2.16. The quantitative estimate of drug-likeness (QED) is 0.380. The number of anilines is 1. The summed E-state index contributed by atoms with van der Waals surface area (Å²) in [6.07, 6.45) is 5.06. The number of ether oxygens (including phenoxy) is 2. The summed E-state index contributed by atoms with van der Waals surface area (Å²) in [5.41, 5.74) is 12.9. The molecule has 0 spiro atoms. The maximum absolute atomic E-state index is 6.52. The van der Waals surface area contributed by atoms with Crippen LogP contribution in [0.3, 0.4) is 0 Å². The van der Waals surface area contributed by atoms with Gasteiger partial charge in [0.2, 0.25) is 0 Å². The Morgan fingerprint density at radius 1 is 1.12 bits per heavy atom. The molecule has 6 rings (SSSR count). The second-order valence-electron chi connectivity index (χ2n) is 8.87. The standard InChI is InChI=1S/C27H27N5O2/c1-33-20-7-4-17(5-8-20)16-32-19(14-21-3-2-12-34-21)15-23-26(32)22-9-6-18(24-10-11-29-31-24)13-25(22)30-27(23)28/h4-11,13,15,21H,2-3,12,14,16H2,1H3,(H2,28,30)(H,29,31). The molecule has 4 heterocycles. The lowest BCUT2D eigenvalue weighted by molar-refractivity contribution is 0.110. The molecule has 3 N–H and O–H groups in total. The Bertz CT molecular complexity index is 1450. The van der Waals surface area contributed by atoms with E-state index < -0.39 is 0 Å². The van der Waals surface area contributed by atoms with Crippen molar-refractivity contribution in [2.45, 2.75) is 31.9 Å². The van der Waals surface area contributed by atoms with Crippen molar-refractivity contribution in [2.75, 3.05) is 19.5 Å². The zero-order valence-electron chi connectivity index (χ0n) is 19.1. The summed E-state index contributed by atoms with van der Waals surface area (Å²) in [5.74, 6) is 1.40. The number of fused-ring (bicyclic) bond motifs is 3. The number of rotatable bonds is 6. The third-order valence-corrected chi connectivity index (χ3v) is 6.72. The second-order valence-corrected chi connectivity index (χ2v) is 8.87. The Labute approximate surface area is 197 Å². The van der Waals surface area contributed by atoms with Crippen LogP contribution in [0.1, 0.15) is 24.1 Å². The van der Waals surface area contributed by atoms with Crippen LogP contribution in [0.5, 0.6) is 5.75 Å². The first-order valence-electron chi connectivity index (χ1n) is 11.7. The van der Waals surface area contributed by atoms with Gasteiger partial charge in [-0.3, -0.25) is 5.10 Å². The number of aromatic nitrogens is 4. The van der Waals surface area contributed by atoms with Gasteiger partial charge in [0, 0.05) is 47.8 Å². The normalized spacial score (nSPS) is 16.0. The fourth-order valence-corrected chi connectivity index (χ4v) is 4.99. The molecule has 7 heteroatoms. The van der Waals surface area contributed by atoms with E-state index in [-0.39, 0.29) is 6.10 Å². The highest BCUT2D eigenvalue weighted by Gasteiger charge is 2.22. The molecule has 1 aliphatic rings. The summed E-state index contributed by atoms with van der Waals surface area (Å²) in [6, 6.07) is 18.7. The summed E-state index contributed by atoms with van der Waals surface area (Å²) in [6.45, 7) is 1.57. The van der Waals surface area contributed by atoms with Crippen LogP contribution in [0.15, 0.2) is 60.8 Å². The van der Waals surface area contributed by atoms with E-state index in [0.29, 0.717) is 5.82 Å². The van der Waals surface area contributed by atoms with Crippen LogP contribution >= 0.6 is 0 Å². The van der Waals surface area contributed by atoms with Gasteiger partial charge in [-0.1, -0.05) is 24.3 Å². The van der Waals surface area contributed by atoms with Crippen molar-refractivity contribution in [1.82, 2.24) is 19.7 Å². The minimum Gasteiger partial charge on any atom is -0.497 e. The van der Waals surface area contributed by atoms with Crippen LogP contribution in [0, 0.1) is 0 Å². The van der Waals surface area contributed by atoms with Gasteiger partial charge < -0.3 is 19.8 Å².